The van der Waals surface area contributed by atoms with Crippen molar-refractivity contribution in [3.05, 3.63) is 71.8 Å². The van der Waals surface area contributed by atoms with Gasteiger partial charge in [-0.3, -0.25) is 9.20 Å². The standard InChI is InChI=1S/C22H18F3N7O/c1-12-27-8-18-21(26)29-16-7-15(23)14(6-17(16)32(12)18)22(33)31(11-19(24)25)10-13-9-30-5-3-2-4-20(30)28-13/h2-9,19H,10-11H2,1H3,(H2,26,29). The van der Waals surface area contributed by atoms with Crippen molar-refractivity contribution in [2.45, 2.75) is 19.9 Å². The number of amides is 1. The molecule has 5 rings (SSSR count). The van der Waals surface area contributed by atoms with Crippen molar-refractivity contribution in [1.29, 1.82) is 0 Å². The summed E-state index contributed by atoms with van der Waals surface area (Å²) in [6, 6.07) is 7.71. The summed E-state index contributed by atoms with van der Waals surface area (Å²) in [5.74, 6) is -1.05. The molecular formula is C22H18F3N7O. The number of benzene rings is 1. The average molecular weight is 453 g/mol. The van der Waals surface area contributed by atoms with Crippen molar-refractivity contribution in [3.8, 4) is 0 Å². The lowest BCUT2D eigenvalue weighted by Gasteiger charge is -2.22. The number of imidazole rings is 2. The van der Waals surface area contributed by atoms with E-state index in [1.807, 2.05) is 0 Å². The van der Waals surface area contributed by atoms with E-state index in [-0.39, 0.29) is 23.4 Å². The number of hydrogen-bond donors (Lipinski definition) is 1. The molecule has 0 bridgehead atoms. The van der Waals surface area contributed by atoms with Crippen LogP contribution in [0.4, 0.5) is 19.0 Å². The molecule has 0 aliphatic carbocycles. The Morgan fingerprint density at radius 3 is 2.79 bits per heavy atom. The molecule has 0 saturated heterocycles. The molecule has 0 saturated carbocycles. The zero-order chi connectivity index (χ0) is 23.3. The topological polar surface area (TPSA) is 93.8 Å². The quantitative estimate of drug-likeness (QED) is 0.440. The monoisotopic (exact) mass is 453 g/mol. The number of fused-ring (bicyclic) bond motifs is 4. The summed E-state index contributed by atoms with van der Waals surface area (Å²) < 4.78 is 45.0. The Bertz CT molecular complexity index is 1490. The fourth-order valence-electron chi connectivity index (χ4n) is 3.92. The first-order chi connectivity index (χ1) is 15.8. The highest BCUT2D eigenvalue weighted by molar-refractivity contribution is 5.98. The number of nitrogens with two attached hydrogens (primary N) is 1. The van der Waals surface area contributed by atoms with Crippen molar-refractivity contribution in [1.82, 2.24) is 28.7 Å². The van der Waals surface area contributed by atoms with Crippen LogP contribution in [0.15, 0.2) is 48.9 Å². The first-order valence-corrected chi connectivity index (χ1v) is 10.0. The molecule has 11 heteroatoms. The number of anilines is 1. The van der Waals surface area contributed by atoms with Gasteiger partial charge in [0.05, 0.1) is 41.6 Å². The van der Waals surface area contributed by atoms with Gasteiger partial charge in [-0.25, -0.2) is 28.1 Å². The van der Waals surface area contributed by atoms with Crippen LogP contribution in [0.2, 0.25) is 0 Å². The molecule has 168 valence electrons. The Balaban J connectivity index is 1.58. The third kappa shape index (κ3) is 3.60. The maximum Gasteiger partial charge on any atom is 0.257 e. The number of carbonyl (C=O) groups excluding carboxylic acids is 1. The summed E-state index contributed by atoms with van der Waals surface area (Å²) in [4.78, 5) is 26.9. The molecule has 1 aromatic carbocycles. The number of aromatic nitrogens is 5. The minimum Gasteiger partial charge on any atom is -0.382 e. The molecule has 0 aliphatic heterocycles. The van der Waals surface area contributed by atoms with Crippen molar-refractivity contribution in [3.63, 3.8) is 0 Å². The summed E-state index contributed by atoms with van der Waals surface area (Å²) in [5.41, 5.74) is 7.71. The van der Waals surface area contributed by atoms with Gasteiger partial charge in [0.1, 0.15) is 28.6 Å². The van der Waals surface area contributed by atoms with Crippen molar-refractivity contribution in [2.75, 3.05) is 12.3 Å². The highest BCUT2D eigenvalue weighted by Gasteiger charge is 2.25. The lowest BCUT2D eigenvalue weighted by Crippen LogP contribution is -2.35. The maximum absolute atomic E-state index is 15.0. The normalized spacial score (nSPS) is 11.8. The van der Waals surface area contributed by atoms with Crippen LogP contribution in [-0.4, -0.2) is 47.5 Å². The predicted molar refractivity (Wildman–Crippen MR) is 116 cm³/mol. The summed E-state index contributed by atoms with van der Waals surface area (Å²) in [7, 11) is 0. The second kappa shape index (κ2) is 7.76. The number of halogens is 3. The van der Waals surface area contributed by atoms with E-state index in [0.717, 1.165) is 11.0 Å². The minimum atomic E-state index is -2.81. The SMILES string of the molecule is Cc1ncc2c(N)nc3cc(F)c(C(=O)N(Cc4cn5ccccc5n4)CC(F)F)cc3n12. The van der Waals surface area contributed by atoms with E-state index in [1.54, 1.807) is 46.3 Å². The van der Waals surface area contributed by atoms with E-state index in [1.165, 1.54) is 12.3 Å². The molecule has 0 spiro atoms. The predicted octanol–water partition coefficient (Wildman–Crippen LogP) is 3.47. The molecule has 0 fully saturated rings. The van der Waals surface area contributed by atoms with Gasteiger partial charge in [0, 0.05) is 18.5 Å². The number of aryl methyl sites for hydroxylation is 1. The number of nitrogen functional groups attached to an aromatic ring is 1. The number of nitrogens with zero attached hydrogens (tertiary/aromatic N) is 6. The highest BCUT2D eigenvalue weighted by Crippen LogP contribution is 2.25. The zero-order valence-corrected chi connectivity index (χ0v) is 17.4. The van der Waals surface area contributed by atoms with Crippen LogP contribution in [-0.2, 0) is 6.54 Å². The third-order valence-corrected chi connectivity index (χ3v) is 5.39. The summed E-state index contributed by atoms with van der Waals surface area (Å²) in [6.07, 6.45) is 2.11. The second-order valence-corrected chi connectivity index (χ2v) is 7.62. The average Bonchev–Trinajstić information content (AvgIpc) is 3.36. The second-order valence-electron chi connectivity index (χ2n) is 7.62. The fraction of sp³-hybridized carbons (Fsp3) is 0.182. The molecular weight excluding hydrogens is 435 g/mol. The Morgan fingerprint density at radius 2 is 2.03 bits per heavy atom. The molecule has 0 unspecified atom stereocenters. The van der Waals surface area contributed by atoms with Crippen LogP contribution in [0.3, 0.4) is 0 Å². The van der Waals surface area contributed by atoms with Crippen LogP contribution in [0.1, 0.15) is 21.9 Å². The largest absolute Gasteiger partial charge is 0.382 e. The van der Waals surface area contributed by atoms with E-state index in [0.29, 0.717) is 28.2 Å². The Morgan fingerprint density at radius 1 is 1.21 bits per heavy atom. The van der Waals surface area contributed by atoms with Gasteiger partial charge in [0.15, 0.2) is 0 Å². The number of alkyl halides is 2. The lowest BCUT2D eigenvalue weighted by atomic mass is 10.1. The summed E-state index contributed by atoms with van der Waals surface area (Å²) in [5, 5.41) is 0. The van der Waals surface area contributed by atoms with Crippen molar-refractivity contribution in [2.24, 2.45) is 0 Å². The van der Waals surface area contributed by atoms with Crippen LogP contribution < -0.4 is 5.73 Å². The summed E-state index contributed by atoms with van der Waals surface area (Å²) in [6.45, 7) is 0.648. The van der Waals surface area contributed by atoms with Gasteiger partial charge >= 0.3 is 0 Å². The molecule has 4 aromatic heterocycles. The van der Waals surface area contributed by atoms with E-state index in [4.69, 9.17) is 5.73 Å². The van der Waals surface area contributed by atoms with E-state index in [9.17, 15) is 18.0 Å². The Labute approximate surface area is 185 Å². The van der Waals surface area contributed by atoms with Crippen LogP contribution in [0.5, 0.6) is 0 Å². The first-order valence-electron chi connectivity index (χ1n) is 10.0. The molecule has 4 heterocycles. The molecule has 0 radical (unpaired) electrons. The summed E-state index contributed by atoms with van der Waals surface area (Å²) >= 11 is 0. The van der Waals surface area contributed by atoms with Gasteiger partial charge in [-0.1, -0.05) is 6.07 Å². The van der Waals surface area contributed by atoms with Crippen LogP contribution in [0.25, 0.3) is 22.2 Å². The smallest absolute Gasteiger partial charge is 0.257 e. The Kier molecular flexibility index (Phi) is 4.88. The van der Waals surface area contributed by atoms with Crippen LogP contribution in [0, 0.1) is 12.7 Å². The van der Waals surface area contributed by atoms with Gasteiger partial charge < -0.3 is 15.0 Å². The maximum atomic E-state index is 15.0. The number of hydrogen-bond acceptors (Lipinski definition) is 5. The Hall–Kier alpha value is -4.15. The molecule has 5 aromatic rings. The zero-order valence-electron chi connectivity index (χ0n) is 17.4. The van der Waals surface area contributed by atoms with E-state index >= 15 is 0 Å². The number of pyridine rings is 1. The van der Waals surface area contributed by atoms with E-state index in [2.05, 4.69) is 15.0 Å². The van der Waals surface area contributed by atoms with Gasteiger partial charge in [-0.05, 0) is 25.1 Å². The van der Waals surface area contributed by atoms with Gasteiger partial charge in [0.2, 0.25) is 0 Å². The molecule has 1 amide bonds. The van der Waals surface area contributed by atoms with Gasteiger partial charge in [0.25, 0.3) is 12.3 Å². The lowest BCUT2D eigenvalue weighted by molar-refractivity contribution is 0.0528. The molecule has 8 nitrogen and oxygen atoms in total. The van der Waals surface area contributed by atoms with Crippen molar-refractivity contribution < 1.29 is 18.0 Å². The van der Waals surface area contributed by atoms with Crippen molar-refractivity contribution >= 4 is 33.9 Å². The van der Waals surface area contributed by atoms with Gasteiger partial charge in [-0.15, -0.1) is 0 Å². The molecule has 33 heavy (non-hydrogen) atoms. The minimum absolute atomic E-state index is 0.160. The van der Waals surface area contributed by atoms with E-state index < -0.39 is 24.7 Å². The number of carbonyl (C=O) groups is 1. The third-order valence-electron chi connectivity index (χ3n) is 5.39. The molecule has 0 atom stereocenters. The van der Waals surface area contributed by atoms with Gasteiger partial charge in [-0.2, -0.15) is 0 Å². The first kappa shape index (κ1) is 20.7. The highest BCUT2D eigenvalue weighted by atomic mass is 19.3. The fourth-order valence-corrected chi connectivity index (χ4v) is 3.92. The van der Waals surface area contributed by atoms with Crippen LogP contribution >= 0.6 is 0 Å². The molecule has 2 N–H and O–H groups in total. The number of rotatable bonds is 5. The molecule has 0 aliphatic rings.